The second-order valence-electron chi connectivity index (χ2n) is 8.70. The van der Waals surface area contributed by atoms with E-state index in [2.05, 4.69) is 126 Å². The van der Waals surface area contributed by atoms with Crippen LogP contribution in [0.3, 0.4) is 0 Å². The monoisotopic (exact) mass is 449 g/mol. The number of nitrogens with one attached hydrogen (secondary N) is 1. The lowest BCUT2D eigenvalue weighted by Gasteiger charge is -2.08. The van der Waals surface area contributed by atoms with Crippen LogP contribution in [-0.2, 0) is 0 Å². The number of fused-ring (bicyclic) bond motifs is 5. The molecule has 0 fully saturated rings. The van der Waals surface area contributed by atoms with Gasteiger partial charge in [0.2, 0.25) is 0 Å². The molecule has 6 aromatic carbocycles. The van der Waals surface area contributed by atoms with Crippen LogP contribution in [0.4, 0.5) is 0 Å². The van der Waals surface area contributed by atoms with E-state index in [9.17, 15) is 0 Å². The van der Waals surface area contributed by atoms with Crippen LogP contribution in [0.25, 0.3) is 65.6 Å². The van der Waals surface area contributed by atoms with Crippen LogP contribution in [0.5, 0.6) is 0 Å². The van der Waals surface area contributed by atoms with Crippen LogP contribution in [0.1, 0.15) is 13.8 Å². The molecule has 1 aromatic heterocycles. The SMILES string of the molecule is CC.c1ccc2c(-c3ccc4[nH]c5ccc(-c6cccc7ccccc67)cc5c4c3)cccc2c1. The molecule has 0 aliphatic heterocycles. The van der Waals surface area contributed by atoms with Crippen LogP contribution in [0.15, 0.2) is 121 Å². The molecule has 0 saturated carbocycles. The average Bonchev–Trinajstić information content (AvgIpc) is 3.30. The summed E-state index contributed by atoms with van der Waals surface area (Å²) >= 11 is 0. The van der Waals surface area contributed by atoms with Crippen LogP contribution >= 0.6 is 0 Å². The number of hydrogen-bond acceptors (Lipinski definition) is 0. The molecule has 0 aliphatic rings. The molecule has 1 N–H and O–H groups in total. The summed E-state index contributed by atoms with van der Waals surface area (Å²) in [6.07, 6.45) is 0. The van der Waals surface area contributed by atoms with Gasteiger partial charge in [0.1, 0.15) is 0 Å². The minimum Gasteiger partial charge on any atom is -0.355 e. The molecule has 7 aromatic rings. The predicted octanol–water partition coefficient (Wildman–Crippen LogP) is 9.99. The van der Waals surface area contributed by atoms with Gasteiger partial charge in [-0.3, -0.25) is 0 Å². The molecule has 0 radical (unpaired) electrons. The van der Waals surface area contributed by atoms with Crippen LogP contribution in [0, 0.1) is 0 Å². The van der Waals surface area contributed by atoms with Gasteiger partial charge in [-0.25, -0.2) is 0 Å². The van der Waals surface area contributed by atoms with Crippen molar-refractivity contribution < 1.29 is 0 Å². The molecule has 35 heavy (non-hydrogen) atoms. The highest BCUT2D eigenvalue weighted by molar-refractivity contribution is 6.11. The standard InChI is InChI=1S/C32H21N.C2H6/c1-3-11-25-21(7-1)9-5-13-27(25)23-15-17-31-29(19-23)30-20-24(16-18-32(30)33-31)28-14-6-10-22-8-2-4-12-26(22)28;1-2/h1-20,33H;1-2H3. The van der Waals surface area contributed by atoms with Crippen molar-refractivity contribution in [1.29, 1.82) is 0 Å². The van der Waals surface area contributed by atoms with E-state index in [4.69, 9.17) is 0 Å². The molecule has 0 spiro atoms. The van der Waals surface area contributed by atoms with Crippen LogP contribution in [0.2, 0.25) is 0 Å². The van der Waals surface area contributed by atoms with E-state index < -0.39 is 0 Å². The van der Waals surface area contributed by atoms with Gasteiger partial charge in [-0.05, 0) is 68.1 Å². The Hall–Kier alpha value is -4.36. The summed E-state index contributed by atoms with van der Waals surface area (Å²) in [4.78, 5) is 3.61. The molecule has 1 nitrogen and oxygen atoms in total. The second-order valence-corrected chi connectivity index (χ2v) is 8.70. The summed E-state index contributed by atoms with van der Waals surface area (Å²) in [6, 6.07) is 43.9. The number of hydrogen-bond donors (Lipinski definition) is 1. The first-order valence-electron chi connectivity index (χ1n) is 12.4. The Kier molecular flexibility index (Phi) is 5.31. The fraction of sp³-hybridized carbons (Fsp3) is 0.0588. The molecule has 1 heterocycles. The fourth-order valence-electron chi connectivity index (χ4n) is 5.19. The number of aromatic amines is 1. The summed E-state index contributed by atoms with van der Waals surface area (Å²) in [7, 11) is 0. The molecule has 0 saturated heterocycles. The molecular weight excluding hydrogens is 422 g/mol. The van der Waals surface area contributed by atoms with Gasteiger partial charge in [0.15, 0.2) is 0 Å². The van der Waals surface area contributed by atoms with Gasteiger partial charge in [-0.2, -0.15) is 0 Å². The lowest BCUT2D eigenvalue weighted by molar-refractivity contribution is 1.50. The van der Waals surface area contributed by atoms with E-state index in [1.165, 1.54) is 65.6 Å². The molecule has 0 amide bonds. The Labute approximate surface area is 205 Å². The summed E-state index contributed by atoms with van der Waals surface area (Å²) in [6.45, 7) is 4.00. The highest BCUT2D eigenvalue weighted by atomic mass is 14.7. The molecule has 0 bridgehead atoms. The first-order valence-corrected chi connectivity index (χ1v) is 12.4. The zero-order valence-corrected chi connectivity index (χ0v) is 20.0. The predicted molar refractivity (Wildman–Crippen MR) is 153 cm³/mol. The van der Waals surface area contributed by atoms with Gasteiger partial charge in [-0.15, -0.1) is 0 Å². The van der Waals surface area contributed by atoms with Crippen LogP contribution in [-0.4, -0.2) is 4.98 Å². The molecule has 0 aliphatic carbocycles. The van der Waals surface area contributed by atoms with E-state index in [0.29, 0.717) is 0 Å². The maximum Gasteiger partial charge on any atom is 0.0465 e. The Bertz CT molecular complexity index is 1680. The zero-order chi connectivity index (χ0) is 23.8. The molecule has 0 atom stereocenters. The first kappa shape index (κ1) is 21.2. The van der Waals surface area contributed by atoms with E-state index in [1.54, 1.807) is 0 Å². The van der Waals surface area contributed by atoms with Gasteiger partial charge in [0.05, 0.1) is 0 Å². The normalized spacial score (nSPS) is 11.1. The van der Waals surface area contributed by atoms with Crippen molar-refractivity contribution in [3.8, 4) is 22.3 Å². The van der Waals surface area contributed by atoms with Crippen molar-refractivity contribution in [3.05, 3.63) is 121 Å². The van der Waals surface area contributed by atoms with Crippen LogP contribution < -0.4 is 0 Å². The lowest BCUT2D eigenvalue weighted by atomic mass is 9.95. The van der Waals surface area contributed by atoms with Crippen molar-refractivity contribution in [3.63, 3.8) is 0 Å². The maximum absolute atomic E-state index is 3.61. The molecule has 0 unspecified atom stereocenters. The topological polar surface area (TPSA) is 15.8 Å². The van der Waals surface area contributed by atoms with E-state index in [1.807, 2.05) is 13.8 Å². The lowest BCUT2D eigenvalue weighted by Crippen LogP contribution is -1.82. The van der Waals surface area contributed by atoms with E-state index in [0.717, 1.165) is 0 Å². The van der Waals surface area contributed by atoms with Crippen molar-refractivity contribution in [2.24, 2.45) is 0 Å². The average molecular weight is 450 g/mol. The number of H-pyrrole nitrogens is 1. The smallest absolute Gasteiger partial charge is 0.0465 e. The third-order valence-corrected chi connectivity index (χ3v) is 6.80. The quantitative estimate of drug-likeness (QED) is 0.270. The van der Waals surface area contributed by atoms with Gasteiger partial charge in [0, 0.05) is 21.8 Å². The zero-order valence-electron chi connectivity index (χ0n) is 20.0. The highest BCUT2D eigenvalue weighted by Crippen LogP contribution is 2.36. The van der Waals surface area contributed by atoms with Gasteiger partial charge in [-0.1, -0.05) is 111 Å². The summed E-state index contributed by atoms with van der Waals surface area (Å²) in [5.41, 5.74) is 7.38. The van der Waals surface area contributed by atoms with Gasteiger partial charge in [0.25, 0.3) is 0 Å². The molecule has 7 rings (SSSR count). The molecule has 1 heteroatoms. The number of benzene rings is 6. The Morgan fingerprint density at radius 1 is 0.400 bits per heavy atom. The Balaban J connectivity index is 0.00000112. The largest absolute Gasteiger partial charge is 0.355 e. The van der Waals surface area contributed by atoms with Crippen molar-refractivity contribution in [1.82, 2.24) is 4.98 Å². The second kappa shape index (κ2) is 8.77. The van der Waals surface area contributed by atoms with Crippen molar-refractivity contribution >= 4 is 43.4 Å². The van der Waals surface area contributed by atoms with Crippen molar-refractivity contribution in [2.75, 3.05) is 0 Å². The number of aromatic nitrogens is 1. The third kappa shape index (κ3) is 3.57. The van der Waals surface area contributed by atoms with Gasteiger partial charge < -0.3 is 4.98 Å². The minimum atomic E-state index is 1.17. The van der Waals surface area contributed by atoms with Crippen molar-refractivity contribution in [2.45, 2.75) is 13.8 Å². The number of rotatable bonds is 2. The highest BCUT2D eigenvalue weighted by Gasteiger charge is 2.11. The maximum atomic E-state index is 3.61. The van der Waals surface area contributed by atoms with Gasteiger partial charge >= 0.3 is 0 Å². The first-order chi connectivity index (χ1) is 17.3. The summed E-state index contributed by atoms with van der Waals surface area (Å²) in [5.74, 6) is 0. The minimum absolute atomic E-state index is 1.17. The van der Waals surface area contributed by atoms with E-state index >= 15 is 0 Å². The third-order valence-electron chi connectivity index (χ3n) is 6.80. The molecule has 168 valence electrons. The summed E-state index contributed by atoms with van der Waals surface area (Å²) < 4.78 is 0. The fourth-order valence-corrected chi connectivity index (χ4v) is 5.19. The van der Waals surface area contributed by atoms with E-state index in [-0.39, 0.29) is 0 Å². The Morgan fingerprint density at radius 3 is 1.31 bits per heavy atom. The summed E-state index contributed by atoms with van der Waals surface area (Å²) in [5, 5.41) is 7.64. The molecular formula is C34H27N. The Morgan fingerprint density at radius 2 is 0.829 bits per heavy atom.